The van der Waals surface area contributed by atoms with Crippen LogP contribution in [0.25, 0.3) is 16.6 Å². The molecule has 0 bridgehead atoms. The van der Waals surface area contributed by atoms with Gasteiger partial charge in [-0.25, -0.2) is 4.98 Å². The minimum atomic E-state index is 0.0739. The number of amides is 1. The van der Waals surface area contributed by atoms with E-state index in [1.807, 2.05) is 41.3 Å². The van der Waals surface area contributed by atoms with Crippen molar-refractivity contribution in [3.63, 3.8) is 0 Å². The van der Waals surface area contributed by atoms with Gasteiger partial charge in [0.1, 0.15) is 0 Å². The highest BCUT2D eigenvalue weighted by Gasteiger charge is 2.19. The van der Waals surface area contributed by atoms with Gasteiger partial charge in [0, 0.05) is 18.7 Å². The molecule has 23 heavy (non-hydrogen) atoms. The van der Waals surface area contributed by atoms with Gasteiger partial charge in [0.2, 0.25) is 0 Å². The molecular weight excluding hydrogens is 286 g/mol. The number of fused-ring (bicyclic) bond motifs is 1. The summed E-state index contributed by atoms with van der Waals surface area (Å²) >= 11 is 0. The van der Waals surface area contributed by atoms with Crippen LogP contribution in [-0.2, 0) is 0 Å². The lowest BCUT2D eigenvalue weighted by molar-refractivity contribution is 0.0773. The smallest absolute Gasteiger partial charge is 0.254 e. The summed E-state index contributed by atoms with van der Waals surface area (Å²) in [6, 6.07) is 16.0. The van der Waals surface area contributed by atoms with Gasteiger partial charge in [0.15, 0.2) is 0 Å². The minimum Gasteiger partial charge on any atom is -0.345 e. The summed E-state index contributed by atoms with van der Waals surface area (Å²) in [5.41, 5.74) is 5.05. The third-order valence-electron chi connectivity index (χ3n) is 4.31. The van der Waals surface area contributed by atoms with Gasteiger partial charge in [-0.05, 0) is 35.8 Å². The van der Waals surface area contributed by atoms with Crippen LogP contribution in [0.1, 0.15) is 22.3 Å². The summed E-state index contributed by atoms with van der Waals surface area (Å²) in [5.74, 6) is 0.0739. The summed E-state index contributed by atoms with van der Waals surface area (Å²) in [7, 11) is 0. The van der Waals surface area contributed by atoms with E-state index in [1.54, 1.807) is 6.33 Å². The molecule has 0 aliphatic carbocycles. The van der Waals surface area contributed by atoms with Crippen molar-refractivity contribution in [1.29, 1.82) is 0 Å². The maximum Gasteiger partial charge on any atom is 0.254 e. The molecule has 1 amide bonds. The van der Waals surface area contributed by atoms with Crippen molar-refractivity contribution in [3.05, 3.63) is 72.1 Å². The van der Waals surface area contributed by atoms with Gasteiger partial charge < -0.3 is 9.88 Å². The van der Waals surface area contributed by atoms with Gasteiger partial charge >= 0.3 is 0 Å². The van der Waals surface area contributed by atoms with Crippen LogP contribution in [-0.4, -0.2) is 33.9 Å². The Morgan fingerprint density at radius 1 is 1.13 bits per heavy atom. The molecule has 0 saturated carbocycles. The first kappa shape index (κ1) is 13.8. The third-order valence-corrected chi connectivity index (χ3v) is 4.31. The van der Waals surface area contributed by atoms with E-state index in [9.17, 15) is 4.79 Å². The molecule has 2 aromatic carbocycles. The molecule has 0 spiro atoms. The molecule has 1 aromatic heterocycles. The molecule has 0 unspecified atom stereocenters. The molecule has 4 heteroatoms. The monoisotopic (exact) mass is 303 g/mol. The zero-order chi connectivity index (χ0) is 15.6. The lowest BCUT2D eigenvalue weighted by Crippen LogP contribution is -2.34. The number of hydrogen-bond donors (Lipinski definition) is 1. The lowest BCUT2D eigenvalue weighted by atomic mass is 9.99. The van der Waals surface area contributed by atoms with Gasteiger partial charge in [-0.15, -0.1) is 0 Å². The van der Waals surface area contributed by atoms with Crippen molar-refractivity contribution >= 4 is 22.5 Å². The molecule has 0 radical (unpaired) electrons. The Morgan fingerprint density at radius 2 is 2.00 bits per heavy atom. The average molecular weight is 303 g/mol. The molecule has 1 aliphatic rings. The second-order valence-electron chi connectivity index (χ2n) is 5.73. The number of carbonyl (C=O) groups is 1. The maximum absolute atomic E-state index is 12.7. The Morgan fingerprint density at radius 3 is 2.78 bits per heavy atom. The summed E-state index contributed by atoms with van der Waals surface area (Å²) in [6.07, 6.45) is 4.70. The van der Waals surface area contributed by atoms with E-state index in [4.69, 9.17) is 0 Å². The van der Waals surface area contributed by atoms with Crippen molar-refractivity contribution in [2.45, 2.75) is 6.42 Å². The summed E-state index contributed by atoms with van der Waals surface area (Å²) in [5, 5.41) is 0. The molecule has 0 atom stereocenters. The number of hydrogen-bond acceptors (Lipinski definition) is 2. The maximum atomic E-state index is 12.7. The molecular formula is C19H17N3O. The van der Waals surface area contributed by atoms with Crippen LogP contribution < -0.4 is 0 Å². The van der Waals surface area contributed by atoms with Crippen LogP contribution in [0.5, 0.6) is 0 Å². The first-order chi connectivity index (χ1) is 11.3. The van der Waals surface area contributed by atoms with Crippen molar-refractivity contribution in [3.8, 4) is 0 Å². The van der Waals surface area contributed by atoms with Gasteiger partial charge in [0.25, 0.3) is 5.91 Å². The number of benzene rings is 2. The van der Waals surface area contributed by atoms with Crippen LogP contribution in [0.2, 0.25) is 0 Å². The normalized spacial score (nSPS) is 14.8. The first-order valence-corrected chi connectivity index (χ1v) is 7.78. The highest BCUT2D eigenvalue weighted by atomic mass is 16.2. The number of nitrogens with zero attached hydrogens (tertiary/aromatic N) is 2. The average Bonchev–Trinajstić information content (AvgIpc) is 3.10. The topological polar surface area (TPSA) is 49.0 Å². The fourth-order valence-electron chi connectivity index (χ4n) is 3.02. The first-order valence-electron chi connectivity index (χ1n) is 7.78. The van der Waals surface area contributed by atoms with E-state index in [1.165, 1.54) is 11.1 Å². The quantitative estimate of drug-likeness (QED) is 0.788. The largest absolute Gasteiger partial charge is 0.345 e. The van der Waals surface area contributed by atoms with Crippen molar-refractivity contribution in [1.82, 2.24) is 14.9 Å². The van der Waals surface area contributed by atoms with E-state index in [0.29, 0.717) is 12.1 Å². The number of aromatic nitrogens is 2. The molecule has 2 heterocycles. The molecule has 4 nitrogen and oxygen atoms in total. The van der Waals surface area contributed by atoms with Crippen molar-refractivity contribution < 1.29 is 4.79 Å². The highest BCUT2D eigenvalue weighted by molar-refractivity contribution is 5.97. The van der Waals surface area contributed by atoms with Crippen LogP contribution >= 0.6 is 0 Å². The van der Waals surface area contributed by atoms with E-state index in [-0.39, 0.29) is 5.91 Å². The highest BCUT2D eigenvalue weighted by Crippen LogP contribution is 2.23. The number of nitrogens with one attached hydrogen (secondary N) is 1. The van der Waals surface area contributed by atoms with E-state index < -0.39 is 0 Å². The lowest BCUT2D eigenvalue weighted by Gasteiger charge is -2.26. The molecule has 1 N–H and O–H groups in total. The predicted molar refractivity (Wildman–Crippen MR) is 91.0 cm³/mol. The zero-order valence-corrected chi connectivity index (χ0v) is 12.7. The Hall–Kier alpha value is -2.88. The number of imidazole rings is 1. The second kappa shape index (κ2) is 5.72. The fraction of sp³-hybridized carbons (Fsp3) is 0.158. The summed E-state index contributed by atoms with van der Waals surface area (Å²) in [4.78, 5) is 21.8. The molecule has 3 aromatic rings. The van der Waals surface area contributed by atoms with Crippen LogP contribution in [0.15, 0.2) is 60.9 Å². The van der Waals surface area contributed by atoms with E-state index in [0.717, 1.165) is 24.0 Å². The summed E-state index contributed by atoms with van der Waals surface area (Å²) in [6.45, 7) is 1.41. The third kappa shape index (κ3) is 2.63. The molecule has 114 valence electrons. The molecule has 0 saturated heterocycles. The Kier molecular flexibility index (Phi) is 3.42. The SMILES string of the molecule is O=C(c1ccc2nc[nH]c2c1)N1CC=C(c2ccccc2)CC1. The van der Waals surface area contributed by atoms with Gasteiger partial charge in [0.05, 0.1) is 17.4 Å². The predicted octanol–water partition coefficient (Wildman–Crippen LogP) is 3.49. The second-order valence-corrected chi connectivity index (χ2v) is 5.73. The Bertz CT molecular complexity index is 880. The minimum absolute atomic E-state index is 0.0739. The number of aromatic amines is 1. The zero-order valence-electron chi connectivity index (χ0n) is 12.7. The van der Waals surface area contributed by atoms with Crippen LogP contribution in [0.3, 0.4) is 0 Å². The Labute approximate surface area is 134 Å². The number of carbonyl (C=O) groups excluding carboxylic acids is 1. The van der Waals surface area contributed by atoms with Gasteiger partial charge in [-0.3, -0.25) is 4.79 Å². The van der Waals surface area contributed by atoms with Gasteiger partial charge in [-0.2, -0.15) is 0 Å². The van der Waals surface area contributed by atoms with E-state index >= 15 is 0 Å². The summed E-state index contributed by atoms with van der Waals surface area (Å²) < 4.78 is 0. The Balaban J connectivity index is 1.53. The fourth-order valence-corrected chi connectivity index (χ4v) is 3.02. The number of rotatable bonds is 2. The van der Waals surface area contributed by atoms with Crippen molar-refractivity contribution in [2.75, 3.05) is 13.1 Å². The van der Waals surface area contributed by atoms with Crippen LogP contribution in [0.4, 0.5) is 0 Å². The standard InChI is InChI=1S/C19H17N3O/c23-19(16-6-7-17-18(12-16)21-13-20-17)22-10-8-15(9-11-22)14-4-2-1-3-5-14/h1-8,12-13H,9-11H2,(H,20,21). The van der Waals surface area contributed by atoms with Gasteiger partial charge in [-0.1, -0.05) is 36.4 Å². The molecule has 1 aliphatic heterocycles. The van der Waals surface area contributed by atoms with Crippen LogP contribution in [0, 0.1) is 0 Å². The molecule has 0 fully saturated rings. The van der Waals surface area contributed by atoms with E-state index in [2.05, 4.69) is 28.2 Å². The molecule has 4 rings (SSSR count). The number of H-pyrrole nitrogens is 1. The van der Waals surface area contributed by atoms with Crippen molar-refractivity contribution in [2.24, 2.45) is 0 Å².